The van der Waals surface area contributed by atoms with Gasteiger partial charge in [0.2, 0.25) is 0 Å². The molecule has 0 unspecified atom stereocenters. The SMILES string of the molecule is COc1cncc(C2=CC=C3[C@@H]4CC=C5C[C@@H](OC(C)=O)CC[C@]5(C)[C@H]4CC[C@]23C)c1. The van der Waals surface area contributed by atoms with Crippen LogP contribution in [0, 0.1) is 22.7 Å². The number of nitrogens with zero attached hydrogens (tertiary/aromatic N) is 1. The first-order valence-electron chi connectivity index (χ1n) is 11.6. The van der Waals surface area contributed by atoms with E-state index in [-0.39, 0.29) is 22.9 Å². The van der Waals surface area contributed by atoms with Crippen LogP contribution in [0.5, 0.6) is 5.75 Å². The number of allylic oxidation sites excluding steroid dienone is 5. The highest BCUT2D eigenvalue weighted by Gasteiger charge is 2.54. The molecular weight excluding hydrogens is 386 g/mol. The van der Waals surface area contributed by atoms with Crippen molar-refractivity contribution in [2.24, 2.45) is 22.7 Å². The molecule has 164 valence electrons. The fourth-order valence-corrected chi connectivity index (χ4v) is 7.06. The lowest BCUT2D eigenvalue weighted by atomic mass is 9.49. The number of ether oxygens (including phenoxy) is 2. The van der Waals surface area contributed by atoms with Crippen molar-refractivity contribution in [1.29, 1.82) is 0 Å². The first-order chi connectivity index (χ1) is 14.8. The highest BCUT2D eigenvalue weighted by atomic mass is 16.5. The Balaban J connectivity index is 1.42. The van der Waals surface area contributed by atoms with Crippen LogP contribution in [0.4, 0.5) is 0 Å². The van der Waals surface area contributed by atoms with Crippen molar-refractivity contribution in [3.63, 3.8) is 0 Å². The quantitative estimate of drug-likeness (QED) is 0.452. The number of hydrogen-bond donors (Lipinski definition) is 0. The van der Waals surface area contributed by atoms with Crippen molar-refractivity contribution in [2.45, 2.75) is 65.4 Å². The van der Waals surface area contributed by atoms with Gasteiger partial charge in [-0.05, 0) is 61.0 Å². The lowest BCUT2D eigenvalue weighted by molar-refractivity contribution is -0.148. The van der Waals surface area contributed by atoms with Crippen molar-refractivity contribution >= 4 is 11.5 Å². The second-order valence-corrected chi connectivity index (χ2v) is 10.3. The zero-order valence-electron chi connectivity index (χ0n) is 19.1. The van der Waals surface area contributed by atoms with E-state index in [1.54, 1.807) is 18.9 Å². The average Bonchev–Trinajstić information content (AvgIpc) is 3.11. The molecule has 5 atom stereocenters. The maximum atomic E-state index is 11.5. The van der Waals surface area contributed by atoms with E-state index in [9.17, 15) is 4.79 Å². The lowest BCUT2D eigenvalue weighted by Crippen LogP contribution is -2.47. The third-order valence-corrected chi connectivity index (χ3v) is 8.70. The van der Waals surface area contributed by atoms with Gasteiger partial charge in [0.1, 0.15) is 11.9 Å². The Morgan fingerprint density at radius 3 is 2.77 bits per heavy atom. The molecule has 2 saturated carbocycles. The van der Waals surface area contributed by atoms with Gasteiger partial charge in [0, 0.05) is 30.5 Å². The largest absolute Gasteiger partial charge is 0.495 e. The van der Waals surface area contributed by atoms with E-state index in [1.165, 1.54) is 36.5 Å². The van der Waals surface area contributed by atoms with Crippen LogP contribution in [0.25, 0.3) is 5.57 Å². The fraction of sp³-hybridized carbons (Fsp3) is 0.556. The second kappa shape index (κ2) is 7.36. The molecular formula is C27H33NO3. The number of aromatic nitrogens is 1. The summed E-state index contributed by atoms with van der Waals surface area (Å²) in [7, 11) is 1.70. The van der Waals surface area contributed by atoms with Gasteiger partial charge in [-0.2, -0.15) is 0 Å². The molecule has 5 rings (SSSR count). The van der Waals surface area contributed by atoms with Crippen molar-refractivity contribution in [1.82, 2.24) is 4.98 Å². The fourth-order valence-electron chi connectivity index (χ4n) is 7.06. The van der Waals surface area contributed by atoms with Crippen LogP contribution in [0.15, 0.2) is 47.8 Å². The standard InChI is InChI=1S/C27H33NO3/c1-17(29)31-20-9-11-26(2)19(14-20)5-6-22-24-8-7-23(27(24,3)12-10-25(22)26)18-13-21(30-4)16-28-15-18/h5,7-8,13,15-16,20,22,25H,6,9-12,14H2,1-4H3/t20-,22-,25-,26-,27+/m0/s1. The van der Waals surface area contributed by atoms with Gasteiger partial charge in [-0.3, -0.25) is 9.78 Å². The number of hydrogen-bond acceptors (Lipinski definition) is 4. The van der Waals surface area contributed by atoms with E-state index in [1.807, 2.05) is 6.20 Å². The van der Waals surface area contributed by atoms with E-state index < -0.39 is 0 Å². The van der Waals surface area contributed by atoms with E-state index in [0.717, 1.165) is 31.4 Å². The molecule has 0 aromatic carbocycles. The molecule has 4 nitrogen and oxygen atoms in total. The van der Waals surface area contributed by atoms with E-state index in [0.29, 0.717) is 11.8 Å². The van der Waals surface area contributed by atoms with Crippen molar-refractivity contribution in [3.8, 4) is 5.75 Å². The van der Waals surface area contributed by atoms with Crippen LogP contribution in [-0.2, 0) is 9.53 Å². The number of rotatable bonds is 3. The molecule has 2 fully saturated rings. The molecule has 0 saturated heterocycles. The van der Waals surface area contributed by atoms with Crippen LogP contribution in [0.1, 0.15) is 64.9 Å². The van der Waals surface area contributed by atoms with Crippen LogP contribution in [0.2, 0.25) is 0 Å². The first kappa shape index (κ1) is 20.5. The van der Waals surface area contributed by atoms with Crippen molar-refractivity contribution < 1.29 is 14.3 Å². The summed E-state index contributed by atoms with van der Waals surface area (Å²) in [6.07, 6.45) is 17.5. The van der Waals surface area contributed by atoms with Gasteiger partial charge >= 0.3 is 5.97 Å². The molecule has 4 aliphatic carbocycles. The Morgan fingerprint density at radius 2 is 2.00 bits per heavy atom. The molecule has 1 aromatic rings. The lowest BCUT2D eigenvalue weighted by Gasteiger charge is -2.56. The Kier molecular flexibility index (Phi) is 4.87. The summed E-state index contributed by atoms with van der Waals surface area (Å²) in [6, 6.07) is 2.11. The van der Waals surface area contributed by atoms with Gasteiger partial charge in [0.25, 0.3) is 0 Å². The Bertz CT molecular complexity index is 1010. The molecule has 4 aliphatic rings. The third kappa shape index (κ3) is 3.18. The molecule has 0 N–H and O–H groups in total. The summed E-state index contributed by atoms with van der Waals surface area (Å²) in [5.41, 5.74) is 5.98. The summed E-state index contributed by atoms with van der Waals surface area (Å²) in [5, 5.41) is 0. The van der Waals surface area contributed by atoms with Gasteiger partial charge in [0.05, 0.1) is 13.3 Å². The minimum atomic E-state index is -0.155. The summed E-state index contributed by atoms with van der Waals surface area (Å²) in [4.78, 5) is 15.9. The van der Waals surface area contributed by atoms with Crippen LogP contribution in [-0.4, -0.2) is 24.2 Å². The second-order valence-electron chi connectivity index (χ2n) is 10.3. The Hall–Kier alpha value is -2.36. The zero-order chi connectivity index (χ0) is 21.8. The molecule has 1 aromatic heterocycles. The van der Waals surface area contributed by atoms with Gasteiger partial charge in [-0.25, -0.2) is 0 Å². The molecule has 0 amide bonds. The maximum Gasteiger partial charge on any atom is 0.302 e. The van der Waals surface area contributed by atoms with E-state index in [2.05, 4.69) is 43.1 Å². The molecule has 0 spiro atoms. The van der Waals surface area contributed by atoms with Crippen molar-refractivity contribution in [3.05, 3.63) is 53.4 Å². The maximum absolute atomic E-state index is 11.5. The molecule has 0 radical (unpaired) electrons. The Labute approximate surface area is 185 Å². The first-order valence-corrected chi connectivity index (χ1v) is 11.6. The number of fused-ring (bicyclic) bond motifs is 5. The minimum Gasteiger partial charge on any atom is -0.495 e. The number of pyridine rings is 1. The Morgan fingerprint density at radius 1 is 1.16 bits per heavy atom. The van der Waals surface area contributed by atoms with Gasteiger partial charge in [0.15, 0.2) is 0 Å². The summed E-state index contributed by atoms with van der Waals surface area (Å²) in [5.74, 6) is 1.91. The van der Waals surface area contributed by atoms with Gasteiger partial charge < -0.3 is 9.47 Å². The predicted molar refractivity (Wildman–Crippen MR) is 121 cm³/mol. The van der Waals surface area contributed by atoms with Crippen LogP contribution < -0.4 is 4.74 Å². The number of methoxy groups -OCH3 is 1. The van der Waals surface area contributed by atoms with E-state index >= 15 is 0 Å². The summed E-state index contributed by atoms with van der Waals surface area (Å²) < 4.78 is 11.0. The molecule has 1 heterocycles. The molecule has 0 aliphatic heterocycles. The number of carbonyl (C=O) groups excluding carboxylic acids is 1. The van der Waals surface area contributed by atoms with E-state index in [4.69, 9.17) is 9.47 Å². The van der Waals surface area contributed by atoms with Gasteiger partial charge in [-0.15, -0.1) is 0 Å². The topological polar surface area (TPSA) is 48.4 Å². The number of carbonyl (C=O) groups is 1. The predicted octanol–water partition coefficient (Wildman–Crippen LogP) is 5.90. The molecule has 0 bridgehead atoms. The normalized spacial score (nSPS) is 36.3. The third-order valence-electron chi connectivity index (χ3n) is 8.70. The zero-order valence-corrected chi connectivity index (χ0v) is 19.1. The van der Waals surface area contributed by atoms with Crippen LogP contribution in [0.3, 0.4) is 0 Å². The van der Waals surface area contributed by atoms with Crippen molar-refractivity contribution in [2.75, 3.05) is 7.11 Å². The monoisotopic (exact) mass is 419 g/mol. The summed E-state index contributed by atoms with van der Waals surface area (Å²) >= 11 is 0. The number of esters is 1. The van der Waals surface area contributed by atoms with Gasteiger partial charge in [-0.1, -0.05) is 43.2 Å². The molecule has 4 heteroatoms. The highest BCUT2D eigenvalue weighted by molar-refractivity contribution is 5.78. The smallest absolute Gasteiger partial charge is 0.302 e. The average molecular weight is 420 g/mol. The highest BCUT2D eigenvalue weighted by Crippen LogP contribution is 2.64. The van der Waals surface area contributed by atoms with Crippen LogP contribution >= 0.6 is 0 Å². The minimum absolute atomic E-state index is 0.0572. The summed E-state index contributed by atoms with van der Waals surface area (Å²) in [6.45, 7) is 6.42. The molecule has 31 heavy (non-hydrogen) atoms.